The van der Waals surface area contributed by atoms with Crippen LogP contribution in [0.15, 0.2) is 12.1 Å². The maximum absolute atomic E-state index is 11.3. The summed E-state index contributed by atoms with van der Waals surface area (Å²) in [5, 5.41) is 9.29. The van der Waals surface area contributed by atoms with Crippen LogP contribution in [0.5, 0.6) is 5.75 Å². The molecular formula is C15H20O3. The number of carbonyl (C=O) groups is 1. The van der Waals surface area contributed by atoms with Crippen LogP contribution in [-0.4, -0.2) is 18.2 Å². The third kappa shape index (κ3) is 2.09. The predicted molar refractivity (Wildman–Crippen MR) is 70.2 cm³/mol. The van der Waals surface area contributed by atoms with E-state index in [0.717, 1.165) is 36.1 Å². The fourth-order valence-electron chi connectivity index (χ4n) is 3.00. The van der Waals surface area contributed by atoms with Crippen molar-refractivity contribution in [3.05, 3.63) is 28.8 Å². The van der Waals surface area contributed by atoms with E-state index in [0.29, 0.717) is 0 Å². The number of ether oxygens (including phenoxy) is 1. The van der Waals surface area contributed by atoms with Crippen molar-refractivity contribution in [2.45, 2.75) is 39.0 Å². The number of carboxylic acid groups (broad SMARTS) is 1. The highest BCUT2D eigenvalue weighted by Crippen LogP contribution is 2.44. The Morgan fingerprint density at radius 2 is 2.06 bits per heavy atom. The fourth-order valence-corrected chi connectivity index (χ4v) is 3.00. The Morgan fingerprint density at radius 1 is 1.33 bits per heavy atom. The lowest BCUT2D eigenvalue weighted by atomic mass is 9.86. The SMILES string of the molecule is COc1c(C2CCCC2C(=O)O)ccc(C)c1C. The molecule has 0 radical (unpaired) electrons. The van der Waals surface area contributed by atoms with Crippen LogP contribution in [0.3, 0.4) is 0 Å². The summed E-state index contributed by atoms with van der Waals surface area (Å²) >= 11 is 0. The van der Waals surface area contributed by atoms with Crippen molar-refractivity contribution in [2.75, 3.05) is 7.11 Å². The van der Waals surface area contributed by atoms with Gasteiger partial charge in [-0.05, 0) is 43.4 Å². The largest absolute Gasteiger partial charge is 0.496 e. The van der Waals surface area contributed by atoms with Gasteiger partial charge in [0.2, 0.25) is 0 Å². The van der Waals surface area contributed by atoms with Gasteiger partial charge in [0.25, 0.3) is 0 Å². The molecule has 1 aromatic carbocycles. The maximum Gasteiger partial charge on any atom is 0.307 e. The van der Waals surface area contributed by atoms with Gasteiger partial charge < -0.3 is 9.84 Å². The summed E-state index contributed by atoms with van der Waals surface area (Å²) in [6, 6.07) is 4.09. The van der Waals surface area contributed by atoms with Gasteiger partial charge in [-0.25, -0.2) is 0 Å². The number of rotatable bonds is 3. The van der Waals surface area contributed by atoms with Gasteiger partial charge in [-0.3, -0.25) is 4.79 Å². The van der Waals surface area contributed by atoms with Crippen molar-refractivity contribution in [1.82, 2.24) is 0 Å². The molecule has 2 rings (SSSR count). The number of aryl methyl sites for hydroxylation is 1. The van der Waals surface area contributed by atoms with Crippen molar-refractivity contribution >= 4 is 5.97 Å². The molecule has 0 aliphatic heterocycles. The summed E-state index contributed by atoms with van der Waals surface area (Å²) in [7, 11) is 1.66. The molecule has 2 unspecified atom stereocenters. The lowest BCUT2D eigenvalue weighted by Gasteiger charge is -2.21. The molecule has 0 amide bonds. The highest BCUT2D eigenvalue weighted by molar-refractivity contribution is 5.72. The van der Waals surface area contributed by atoms with Crippen LogP contribution in [0.1, 0.15) is 41.9 Å². The van der Waals surface area contributed by atoms with E-state index in [1.165, 1.54) is 5.56 Å². The van der Waals surface area contributed by atoms with Crippen molar-refractivity contribution in [3.63, 3.8) is 0 Å². The number of hydrogen-bond donors (Lipinski definition) is 1. The third-order valence-electron chi connectivity index (χ3n) is 4.14. The lowest BCUT2D eigenvalue weighted by molar-refractivity contribution is -0.142. The van der Waals surface area contributed by atoms with E-state index in [9.17, 15) is 9.90 Å². The molecule has 0 heterocycles. The Labute approximate surface area is 108 Å². The van der Waals surface area contributed by atoms with Crippen LogP contribution in [0, 0.1) is 19.8 Å². The van der Waals surface area contributed by atoms with Gasteiger partial charge in [0.15, 0.2) is 0 Å². The second-order valence-corrected chi connectivity index (χ2v) is 5.11. The van der Waals surface area contributed by atoms with Crippen molar-refractivity contribution in [3.8, 4) is 5.75 Å². The zero-order valence-corrected chi connectivity index (χ0v) is 11.2. The van der Waals surface area contributed by atoms with E-state index in [1.54, 1.807) is 7.11 Å². The highest BCUT2D eigenvalue weighted by Gasteiger charge is 2.35. The number of carboxylic acids is 1. The smallest absolute Gasteiger partial charge is 0.307 e. The highest BCUT2D eigenvalue weighted by atomic mass is 16.5. The first-order valence-corrected chi connectivity index (χ1v) is 6.43. The number of benzene rings is 1. The second kappa shape index (κ2) is 5.01. The first-order chi connectivity index (χ1) is 8.56. The Bertz CT molecular complexity index is 465. The molecular weight excluding hydrogens is 228 g/mol. The van der Waals surface area contributed by atoms with E-state index in [4.69, 9.17) is 4.74 Å². The summed E-state index contributed by atoms with van der Waals surface area (Å²) < 4.78 is 5.50. The first kappa shape index (κ1) is 12.9. The minimum Gasteiger partial charge on any atom is -0.496 e. The van der Waals surface area contributed by atoms with E-state index in [1.807, 2.05) is 19.9 Å². The average molecular weight is 248 g/mol. The standard InChI is InChI=1S/C15H20O3/c1-9-7-8-12(14(18-3)10(9)2)11-5-4-6-13(11)15(16)17/h7-8,11,13H,4-6H2,1-3H3,(H,16,17). The van der Waals surface area contributed by atoms with Crippen LogP contribution >= 0.6 is 0 Å². The zero-order chi connectivity index (χ0) is 13.3. The molecule has 18 heavy (non-hydrogen) atoms. The van der Waals surface area contributed by atoms with E-state index >= 15 is 0 Å². The first-order valence-electron chi connectivity index (χ1n) is 6.43. The summed E-state index contributed by atoms with van der Waals surface area (Å²) in [6.07, 6.45) is 2.70. The monoisotopic (exact) mass is 248 g/mol. The topological polar surface area (TPSA) is 46.5 Å². The summed E-state index contributed by atoms with van der Waals surface area (Å²) in [4.78, 5) is 11.3. The molecule has 1 N–H and O–H groups in total. The molecule has 2 atom stereocenters. The molecule has 1 saturated carbocycles. The molecule has 98 valence electrons. The Morgan fingerprint density at radius 3 is 2.67 bits per heavy atom. The molecule has 1 fully saturated rings. The quantitative estimate of drug-likeness (QED) is 0.893. The van der Waals surface area contributed by atoms with Gasteiger partial charge in [0, 0.05) is 5.92 Å². The zero-order valence-electron chi connectivity index (χ0n) is 11.2. The summed E-state index contributed by atoms with van der Waals surface area (Å²) in [5.41, 5.74) is 3.36. The predicted octanol–water partition coefficient (Wildman–Crippen LogP) is 3.28. The van der Waals surface area contributed by atoms with Gasteiger partial charge in [0.1, 0.15) is 5.75 Å². The Hall–Kier alpha value is -1.51. The minimum absolute atomic E-state index is 0.0942. The van der Waals surface area contributed by atoms with Crippen LogP contribution in [0.25, 0.3) is 0 Å². The molecule has 3 heteroatoms. The maximum atomic E-state index is 11.3. The molecule has 0 aromatic heterocycles. The van der Waals surface area contributed by atoms with Crippen LogP contribution in [-0.2, 0) is 4.79 Å². The molecule has 1 aliphatic carbocycles. The van der Waals surface area contributed by atoms with E-state index in [2.05, 4.69) is 6.07 Å². The van der Waals surface area contributed by atoms with Gasteiger partial charge in [-0.15, -0.1) is 0 Å². The second-order valence-electron chi connectivity index (χ2n) is 5.11. The number of aliphatic carboxylic acids is 1. The van der Waals surface area contributed by atoms with Crippen molar-refractivity contribution in [1.29, 1.82) is 0 Å². The molecule has 1 aromatic rings. The molecule has 0 spiro atoms. The molecule has 0 saturated heterocycles. The minimum atomic E-state index is -0.683. The third-order valence-corrected chi connectivity index (χ3v) is 4.14. The Balaban J connectivity index is 2.44. The van der Waals surface area contributed by atoms with E-state index < -0.39 is 5.97 Å². The lowest BCUT2D eigenvalue weighted by Crippen LogP contribution is -2.17. The average Bonchev–Trinajstić information content (AvgIpc) is 2.81. The van der Waals surface area contributed by atoms with Crippen molar-refractivity contribution in [2.24, 2.45) is 5.92 Å². The summed E-state index contributed by atoms with van der Waals surface area (Å²) in [6.45, 7) is 4.08. The Kier molecular flexibility index (Phi) is 3.60. The fraction of sp³-hybridized carbons (Fsp3) is 0.533. The van der Waals surface area contributed by atoms with Crippen molar-refractivity contribution < 1.29 is 14.6 Å². The summed E-state index contributed by atoms with van der Waals surface area (Å²) in [5.74, 6) is 0.0173. The van der Waals surface area contributed by atoms with E-state index in [-0.39, 0.29) is 11.8 Å². The van der Waals surface area contributed by atoms with Gasteiger partial charge in [0.05, 0.1) is 13.0 Å². The molecule has 1 aliphatic rings. The molecule has 3 nitrogen and oxygen atoms in total. The molecule has 0 bridgehead atoms. The van der Waals surface area contributed by atoms with Gasteiger partial charge in [-0.2, -0.15) is 0 Å². The van der Waals surface area contributed by atoms with Gasteiger partial charge in [-0.1, -0.05) is 18.6 Å². The number of hydrogen-bond acceptors (Lipinski definition) is 2. The number of methoxy groups -OCH3 is 1. The van der Waals surface area contributed by atoms with Crippen LogP contribution in [0.2, 0.25) is 0 Å². The normalized spacial score (nSPS) is 23.1. The van der Waals surface area contributed by atoms with Crippen LogP contribution < -0.4 is 4.74 Å². The van der Waals surface area contributed by atoms with Gasteiger partial charge >= 0.3 is 5.97 Å². The van der Waals surface area contributed by atoms with Crippen LogP contribution in [0.4, 0.5) is 0 Å².